The van der Waals surface area contributed by atoms with E-state index in [1.54, 1.807) is 41.5 Å². The first-order valence-electron chi connectivity index (χ1n) is 10.7. The minimum Gasteiger partial charge on any atom is -0.444 e. The number of aliphatic hydroxyl groups is 1. The second kappa shape index (κ2) is 10.9. The average Bonchev–Trinajstić information content (AvgIpc) is 2.69. The van der Waals surface area contributed by atoms with Gasteiger partial charge in [-0.2, -0.15) is 4.98 Å². The van der Waals surface area contributed by atoms with Gasteiger partial charge in [0.25, 0.3) is 0 Å². The molecule has 3 aromatic rings. The number of amides is 1. The van der Waals surface area contributed by atoms with E-state index in [4.69, 9.17) is 14.6 Å². The van der Waals surface area contributed by atoms with Crippen LogP contribution in [0.1, 0.15) is 47.1 Å². The van der Waals surface area contributed by atoms with Crippen LogP contribution in [-0.4, -0.2) is 32.4 Å². The summed E-state index contributed by atoms with van der Waals surface area (Å²) in [6, 6.07) is 17.2. The molecule has 0 unspecified atom stereocenters. The first kappa shape index (κ1) is 25.8. The average molecular weight is 452 g/mol. The smallest absolute Gasteiger partial charge is 0.412 e. The molecule has 33 heavy (non-hydrogen) atoms. The Morgan fingerprint density at radius 2 is 1.52 bits per heavy atom. The van der Waals surface area contributed by atoms with Crippen LogP contribution in [0, 0.1) is 6.92 Å². The van der Waals surface area contributed by atoms with Gasteiger partial charge >= 0.3 is 6.09 Å². The third kappa shape index (κ3) is 9.70. The summed E-state index contributed by atoms with van der Waals surface area (Å²) < 4.78 is 11.3. The molecule has 2 aromatic carbocycles. The maximum absolute atomic E-state index is 12.2. The van der Waals surface area contributed by atoms with E-state index in [2.05, 4.69) is 15.3 Å². The SMILES string of the molecule is CC(C)(C)O.Cc1ccccc1Oc1nc(-c2ccccc2)ncc1NC(=O)OC(C)(C)C. The Labute approximate surface area is 195 Å². The number of nitrogens with one attached hydrogen (secondary N) is 1. The van der Waals surface area contributed by atoms with Gasteiger partial charge in [-0.1, -0.05) is 48.5 Å². The first-order chi connectivity index (χ1) is 15.3. The number of carbonyl (C=O) groups is 1. The molecule has 1 heterocycles. The van der Waals surface area contributed by atoms with E-state index in [0.717, 1.165) is 11.1 Å². The van der Waals surface area contributed by atoms with Crippen LogP contribution in [0.2, 0.25) is 0 Å². The molecule has 0 aliphatic heterocycles. The number of anilines is 1. The molecule has 0 saturated carbocycles. The number of aryl methyl sites for hydroxylation is 1. The highest BCUT2D eigenvalue weighted by Crippen LogP contribution is 2.31. The second-order valence-electron chi connectivity index (χ2n) is 9.44. The summed E-state index contributed by atoms with van der Waals surface area (Å²) in [6.07, 6.45) is 0.922. The molecule has 176 valence electrons. The van der Waals surface area contributed by atoms with Crippen LogP contribution in [-0.2, 0) is 4.74 Å². The van der Waals surface area contributed by atoms with Gasteiger partial charge < -0.3 is 14.6 Å². The summed E-state index contributed by atoms with van der Waals surface area (Å²) in [5.41, 5.74) is 1.01. The number of hydrogen-bond donors (Lipinski definition) is 2. The molecule has 7 heteroatoms. The number of aromatic nitrogens is 2. The van der Waals surface area contributed by atoms with Crippen molar-refractivity contribution in [2.45, 2.75) is 59.7 Å². The number of benzene rings is 2. The van der Waals surface area contributed by atoms with Gasteiger partial charge in [0.1, 0.15) is 17.0 Å². The summed E-state index contributed by atoms with van der Waals surface area (Å²) >= 11 is 0. The minimum atomic E-state index is -0.619. The van der Waals surface area contributed by atoms with Crippen LogP contribution in [0.3, 0.4) is 0 Å². The molecule has 0 spiro atoms. The van der Waals surface area contributed by atoms with Gasteiger partial charge in [-0.3, -0.25) is 5.32 Å². The zero-order chi connectivity index (χ0) is 24.6. The normalized spacial score (nSPS) is 11.2. The van der Waals surface area contributed by atoms with Crippen LogP contribution in [0.25, 0.3) is 11.4 Å². The molecule has 0 aliphatic rings. The second-order valence-corrected chi connectivity index (χ2v) is 9.44. The standard InChI is InChI=1S/C22H23N3O3.C4H10O/c1-15-10-8-9-13-18(15)27-20-17(24-21(26)28-22(2,3)4)14-23-19(25-20)16-11-6-5-7-12-16;1-4(2,3)5/h5-14H,1-4H3,(H,24,26);5H,1-3H3. The zero-order valence-corrected chi connectivity index (χ0v) is 20.3. The fraction of sp³-hybridized carbons (Fsp3) is 0.346. The number of rotatable bonds is 4. The predicted molar refractivity (Wildman–Crippen MR) is 131 cm³/mol. The number of hydrogen-bond acceptors (Lipinski definition) is 6. The third-order valence-electron chi connectivity index (χ3n) is 3.72. The van der Waals surface area contributed by atoms with Crippen molar-refractivity contribution >= 4 is 11.8 Å². The first-order valence-corrected chi connectivity index (χ1v) is 10.7. The van der Waals surface area contributed by atoms with Gasteiger partial charge in [0.15, 0.2) is 5.82 Å². The third-order valence-corrected chi connectivity index (χ3v) is 3.72. The van der Waals surface area contributed by atoms with E-state index in [9.17, 15) is 4.79 Å². The zero-order valence-electron chi connectivity index (χ0n) is 20.3. The van der Waals surface area contributed by atoms with Crippen molar-refractivity contribution in [1.82, 2.24) is 9.97 Å². The highest BCUT2D eigenvalue weighted by Gasteiger charge is 2.19. The summed E-state index contributed by atoms with van der Waals surface area (Å²) in [5.74, 6) is 1.39. The largest absolute Gasteiger partial charge is 0.444 e. The van der Waals surface area contributed by atoms with Crippen molar-refractivity contribution in [1.29, 1.82) is 0 Å². The molecular formula is C26H33N3O4. The topological polar surface area (TPSA) is 93.6 Å². The highest BCUT2D eigenvalue weighted by atomic mass is 16.6. The monoisotopic (exact) mass is 451 g/mol. The van der Waals surface area contributed by atoms with Gasteiger partial charge in [-0.05, 0) is 60.1 Å². The lowest BCUT2D eigenvalue weighted by Crippen LogP contribution is -2.27. The van der Waals surface area contributed by atoms with E-state index in [0.29, 0.717) is 17.3 Å². The Morgan fingerprint density at radius 3 is 2.09 bits per heavy atom. The number of carbonyl (C=O) groups excluding carboxylic acids is 1. The van der Waals surface area contributed by atoms with Crippen molar-refractivity contribution < 1.29 is 19.4 Å². The van der Waals surface area contributed by atoms with Crippen LogP contribution in [0.5, 0.6) is 11.6 Å². The van der Waals surface area contributed by atoms with Gasteiger partial charge in [-0.15, -0.1) is 0 Å². The van der Waals surface area contributed by atoms with E-state index >= 15 is 0 Å². The lowest BCUT2D eigenvalue weighted by atomic mass is 10.2. The summed E-state index contributed by atoms with van der Waals surface area (Å²) in [5, 5.41) is 11.2. The molecule has 2 N–H and O–H groups in total. The van der Waals surface area contributed by atoms with Gasteiger partial charge in [0.05, 0.1) is 11.8 Å². The molecule has 0 saturated heterocycles. The van der Waals surface area contributed by atoms with Crippen molar-refractivity contribution in [2.24, 2.45) is 0 Å². The Bertz CT molecular complexity index is 1050. The summed E-state index contributed by atoms with van der Waals surface area (Å²) in [7, 11) is 0. The van der Waals surface area contributed by atoms with Crippen LogP contribution in [0.4, 0.5) is 10.5 Å². The molecule has 0 atom stereocenters. The molecule has 0 radical (unpaired) electrons. The lowest BCUT2D eigenvalue weighted by Gasteiger charge is -2.20. The van der Waals surface area contributed by atoms with E-state index < -0.39 is 17.3 Å². The summed E-state index contributed by atoms with van der Waals surface area (Å²) in [4.78, 5) is 21.1. The Hall–Kier alpha value is -3.45. The molecule has 7 nitrogen and oxygen atoms in total. The Balaban J connectivity index is 0.000000696. The molecule has 1 aromatic heterocycles. The molecular weight excluding hydrogens is 418 g/mol. The van der Waals surface area contributed by atoms with Crippen LogP contribution < -0.4 is 10.1 Å². The molecule has 0 fully saturated rings. The van der Waals surface area contributed by atoms with E-state index in [1.807, 2.05) is 61.5 Å². The number of nitrogens with zero attached hydrogens (tertiary/aromatic N) is 2. The van der Waals surface area contributed by atoms with E-state index in [-0.39, 0.29) is 5.88 Å². The van der Waals surface area contributed by atoms with Crippen molar-refractivity contribution in [3.63, 3.8) is 0 Å². The fourth-order valence-corrected chi connectivity index (χ4v) is 2.44. The molecule has 0 bridgehead atoms. The Kier molecular flexibility index (Phi) is 8.54. The molecule has 1 amide bonds. The maximum atomic E-state index is 12.2. The van der Waals surface area contributed by atoms with Gasteiger partial charge in [0, 0.05) is 5.56 Å². The number of ether oxygens (including phenoxy) is 2. The van der Waals surface area contributed by atoms with E-state index in [1.165, 1.54) is 6.20 Å². The quantitative estimate of drug-likeness (QED) is 0.479. The van der Waals surface area contributed by atoms with Crippen molar-refractivity contribution in [3.05, 3.63) is 66.4 Å². The molecule has 0 aliphatic carbocycles. The van der Waals surface area contributed by atoms with Crippen LogP contribution in [0.15, 0.2) is 60.8 Å². The maximum Gasteiger partial charge on any atom is 0.412 e. The van der Waals surface area contributed by atoms with Gasteiger partial charge in [-0.25, -0.2) is 9.78 Å². The Morgan fingerprint density at radius 1 is 0.939 bits per heavy atom. The van der Waals surface area contributed by atoms with Crippen molar-refractivity contribution in [3.8, 4) is 23.0 Å². The number of para-hydroxylation sites is 1. The van der Waals surface area contributed by atoms with Crippen molar-refractivity contribution in [2.75, 3.05) is 5.32 Å². The summed E-state index contributed by atoms with van der Waals surface area (Å²) in [6.45, 7) is 12.6. The van der Waals surface area contributed by atoms with Gasteiger partial charge in [0.2, 0.25) is 5.88 Å². The lowest BCUT2D eigenvalue weighted by molar-refractivity contribution is 0.0635. The predicted octanol–water partition coefficient (Wildman–Crippen LogP) is 6.37. The fourth-order valence-electron chi connectivity index (χ4n) is 2.44. The van der Waals surface area contributed by atoms with Crippen LogP contribution >= 0.6 is 0 Å². The molecule has 3 rings (SSSR count). The highest BCUT2D eigenvalue weighted by molar-refractivity contribution is 5.86. The minimum absolute atomic E-state index is 0.244.